The van der Waals surface area contributed by atoms with Gasteiger partial charge >= 0.3 is 0 Å². The number of aliphatic hydroxyl groups is 1. The summed E-state index contributed by atoms with van der Waals surface area (Å²) >= 11 is 0. The second-order valence-corrected chi connectivity index (χ2v) is 4.24. The summed E-state index contributed by atoms with van der Waals surface area (Å²) in [6.45, 7) is 1.35. The summed E-state index contributed by atoms with van der Waals surface area (Å²) in [5.41, 5.74) is 5.99. The van der Waals surface area contributed by atoms with Gasteiger partial charge in [0.1, 0.15) is 0 Å². The first-order valence-electron chi connectivity index (χ1n) is 5.66. The third-order valence-corrected chi connectivity index (χ3v) is 2.98. The van der Waals surface area contributed by atoms with E-state index in [9.17, 15) is 4.79 Å². The smallest absolute Gasteiger partial charge is 0.225 e. The third-order valence-electron chi connectivity index (χ3n) is 2.98. The highest BCUT2D eigenvalue weighted by molar-refractivity contribution is 5.77. The lowest BCUT2D eigenvalue weighted by Gasteiger charge is -2.31. The molecule has 0 aromatic carbocycles. The van der Waals surface area contributed by atoms with Gasteiger partial charge in [-0.1, -0.05) is 0 Å². The number of aromatic nitrogens is 2. The summed E-state index contributed by atoms with van der Waals surface area (Å²) < 4.78 is 0. The van der Waals surface area contributed by atoms with Crippen LogP contribution in [0.2, 0.25) is 0 Å². The van der Waals surface area contributed by atoms with E-state index in [1.165, 1.54) is 0 Å². The van der Waals surface area contributed by atoms with E-state index in [4.69, 9.17) is 10.8 Å². The zero-order valence-corrected chi connectivity index (χ0v) is 9.54. The SMILES string of the molecule is NC(=O)C1CCCN(c2ncc(CO)cn2)C1. The van der Waals surface area contributed by atoms with Gasteiger partial charge in [-0.25, -0.2) is 9.97 Å². The van der Waals surface area contributed by atoms with Crippen molar-refractivity contribution in [3.8, 4) is 0 Å². The fourth-order valence-electron chi connectivity index (χ4n) is 1.98. The molecule has 92 valence electrons. The number of nitrogens with zero attached hydrogens (tertiary/aromatic N) is 3. The minimum Gasteiger partial charge on any atom is -0.392 e. The standard InChI is InChI=1S/C11H16N4O2/c12-10(17)9-2-1-3-15(6-9)11-13-4-8(7-16)5-14-11/h4-5,9,16H,1-3,6-7H2,(H2,12,17). The fourth-order valence-corrected chi connectivity index (χ4v) is 1.98. The molecule has 1 aliphatic heterocycles. The van der Waals surface area contributed by atoms with E-state index >= 15 is 0 Å². The number of nitrogens with two attached hydrogens (primary N) is 1. The van der Waals surface area contributed by atoms with Gasteiger partial charge in [0.05, 0.1) is 12.5 Å². The number of primary amides is 1. The molecule has 2 heterocycles. The maximum atomic E-state index is 11.2. The number of carbonyl (C=O) groups excluding carboxylic acids is 1. The Hall–Kier alpha value is -1.69. The highest BCUT2D eigenvalue weighted by Gasteiger charge is 2.25. The Morgan fingerprint density at radius 3 is 2.82 bits per heavy atom. The van der Waals surface area contributed by atoms with Gasteiger partial charge in [-0.2, -0.15) is 0 Å². The van der Waals surface area contributed by atoms with E-state index < -0.39 is 0 Å². The van der Waals surface area contributed by atoms with Crippen molar-refractivity contribution >= 4 is 11.9 Å². The zero-order chi connectivity index (χ0) is 12.3. The van der Waals surface area contributed by atoms with Gasteiger partial charge in [0.2, 0.25) is 11.9 Å². The zero-order valence-electron chi connectivity index (χ0n) is 9.54. The Kier molecular flexibility index (Phi) is 3.53. The molecule has 1 amide bonds. The predicted molar refractivity (Wildman–Crippen MR) is 62.1 cm³/mol. The van der Waals surface area contributed by atoms with Crippen LogP contribution in [0.3, 0.4) is 0 Å². The molecule has 1 fully saturated rings. The first kappa shape index (κ1) is 11.8. The van der Waals surface area contributed by atoms with Crippen molar-refractivity contribution in [3.63, 3.8) is 0 Å². The van der Waals surface area contributed by atoms with Gasteiger partial charge < -0.3 is 15.7 Å². The van der Waals surface area contributed by atoms with E-state index in [2.05, 4.69) is 9.97 Å². The van der Waals surface area contributed by atoms with Gasteiger partial charge in [0.15, 0.2) is 0 Å². The number of hydrogen-bond donors (Lipinski definition) is 2. The topological polar surface area (TPSA) is 92.3 Å². The third kappa shape index (κ3) is 2.71. The number of aliphatic hydroxyl groups excluding tert-OH is 1. The van der Waals surface area contributed by atoms with Crippen molar-refractivity contribution in [2.45, 2.75) is 19.4 Å². The van der Waals surface area contributed by atoms with Crippen LogP contribution >= 0.6 is 0 Å². The second kappa shape index (κ2) is 5.09. The van der Waals surface area contributed by atoms with Crippen molar-refractivity contribution in [1.29, 1.82) is 0 Å². The average Bonchev–Trinajstić information content (AvgIpc) is 2.39. The van der Waals surface area contributed by atoms with Crippen molar-refractivity contribution in [2.24, 2.45) is 11.7 Å². The maximum Gasteiger partial charge on any atom is 0.225 e. The molecule has 0 radical (unpaired) electrons. The first-order chi connectivity index (χ1) is 8.20. The second-order valence-electron chi connectivity index (χ2n) is 4.24. The summed E-state index contributed by atoms with van der Waals surface area (Å²) in [6, 6.07) is 0. The summed E-state index contributed by atoms with van der Waals surface area (Å²) in [4.78, 5) is 21.5. The molecule has 0 bridgehead atoms. The number of carbonyl (C=O) groups is 1. The van der Waals surface area contributed by atoms with Crippen LogP contribution in [0.1, 0.15) is 18.4 Å². The number of piperidine rings is 1. The van der Waals surface area contributed by atoms with Crippen LogP contribution in [0.15, 0.2) is 12.4 Å². The van der Waals surface area contributed by atoms with E-state index in [1.807, 2.05) is 4.90 Å². The van der Waals surface area contributed by atoms with Gasteiger partial charge in [-0.3, -0.25) is 4.79 Å². The molecule has 17 heavy (non-hydrogen) atoms. The Balaban J connectivity index is 2.08. The van der Waals surface area contributed by atoms with Crippen molar-refractivity contribution in [1.82, 2.24) is 9.97 Å². The quantitative estimate of drug-likeness (QED) is 0.749. The molecule has 0 spiro atoms. The van der Waals surface area contributed by atoms with Crippen LogP contribution in [-0.4, -0.2) is 34.1 Å². The minimum atomic E-state index is -0.262. The lowest BCUT2D eigenvalue weighted by Crippen LogP contribution is -2.41. The Bertz CT molecular complexity index is 393. The highest BCUT2D eigenvalue weighted by atomic mass is 16.3. The molecule has 1 aliphatic rings. The molecule has 1 atom stereocenters. The van der Waals surface area contributed by atoms with E-state index in [-0.39, 0.29) is 18.4 Å². The summed E-state index contributed by atoms with van der Waals surface area (Å²) in [6.07, 6.45) is 4.94. The Labute approximate surface area is 99.5 Å². The van der Waals surface area contributed by atoms with E-state index in [0.29, 0.717) is 18.1 Å². The highest BCUT2D eigenvalue weighted by Crippen LogP contribution is 2.19. The molecule has 0 saturated carbocycles. The van der Waals surface area contributed by atoms with Crippen LogP contribution in [0.5, 0.6) is 0 Å². The van der Waals surface area contributed by atoms with Crippen LogP contribution in [0.25, 0.3) is 0 Å². The van der Waals surface area contributed by atoms with Crippen LogP contribution in [-0.2, 0) is 11.4 Å². The number of amides is 1. The van der Waals surface area contributed by atoms with Crippen LogP contribution in [0, 0.1) is 5.92 Å². The molecule has 1 saturated heterocycles. The number of rotatable bonds is 3. The summed E-state index contributed by atoms with van der Waals surface area (Å²) in [7, 11) is 0. The van der Waals surface area contributed by atoms with Crippen LogP contribution in [0.4, 0.5) is 5.95 Å². The fraction of sp³-hybridized carbons (Fsp3) is 0.545. The maximum absolute atomic E-state index is 11.2. The minimum absolute atomic E-state index is 0.0653. The Morgan fingerprint density at radius 1 is 1.53 bits per heavy atom. The molecule has 1 aromatic heterocycles. The van der Waals surface area contributed by atoms with Crippen molar-refractivity contribution < 1.29 is 9.90 Å². The molecular formula is C11H16N4O2. The van der Waals surface area contributed by atoms with Crippen LogP contribution < -0.4 is 10.6 Å². The van der Waals surface area contributed by atoms with Gasteiger partial charge in [0.25, 0.3) is 0 Å². The monoisotopic (exact) mass is 236 g/mol. The largest absolute Gasteiger partial charge is 0.392 e. The van der Waals surface area contributed by atoms with Gasteiger partial charge in [0, 0.05) is 31.0 Å². The predicted octanol–water partition coefficient (Wildman–Crippen LogP) is -0.329. The van der Waals surface area contributed by atoms with Crippen molar-refractivity contribution in [2.75, 3.05) is 18.0 Å². The molecule has 1 unspecified atom stereocenters. The lowest BCUT2D eigenvalue weighted by molar-refractivity contribution is -0.122. The molecule has 0 aliphatic carbocycles. The number of anilines is 1. The van der Waals surface area contributed by atoms with Gasteiger partial charge in [-0.15, -0.1) is 0 Å². The average molecular weight is 236 g/mol. The summed E-state index contributed by atoms with van der Waals surface area (Å²) in [5.74, 6) is 0.208. The first-order valence-corrected chi connectivity index (χ1v) is 5.66. The van der Waals surface area contributed by atoms with Crippen molar-refractivity contribution in [3.05, 3.63) is 18.0 Å². The molecular weight excluding hydrogens is 220 g/mol. The number of hydrogen-bond acceptors (Lipinski definition) is 5. The Morgan fingerprint density at radius 2 is 2.24 bits per heavy atom. The van der Waals surface area contributed by atoms with E-state index in [1.54, 1.807) is 12.4 Å². The normalized spacial score (nSPS) is 20.3. The van der Waals surface area contributed by atoms with E-state index in [0.717, 1.165) is 19.4 Å². The molecule has 3 N–H and O–H groups in total. The molecule has 2 rings (SSSR count). The molecule has 6 heteroatoms. The van der Waals surface area contributed by atoms with Gasteiger partial charge in [-0.05, 0) is 12.8 Å². The molecule has 6 nitrogen and oxygen atoms in total. The molecule has 1 aromatic rings. The lowest BCUT2D eigenvalue weighted by atomic mass is 9.98. The summed E-state index contributed by atoms with van der Waals surface area (Å²) in [5, 5.41) is 8.90.